The summed E-state index contributed by atoms with van der Waals surface area (Å²) in [5, 5.41) is 4.23. The third-order valence-electron chi connectivity index (χ3n) is 2.36. The van der Waals surface area contributed by atoms with Crippen LogP contribution in [0, 0.1) is 0 Å². The molecule has 2 N–H and O–H groups in total. The molecule has 1 heterocycles. The minimum absolute atomic E-state index is 0.0630. The van der Waals surface area contributed by atoms with Gasteiger partial charge >= 0.3 is 0 Å². The van der Waals surface area contributed by atoms with Crippen LogP contribution in [-0.2, 0) is 0 Å². The maximum absolute atomic E-state index is 5.96. The average molecular weight is 282 g/mol. The summed E-state index contributed by atoms with van der Waals surface area (Å²) in [6.45, 7) is 2.01. The molecule has 0 aliphatic rings. The summed E-state index contributed by atoms with van der Waals surface area (Å²) in [4.78, 5) is 0. The number of halogens is 1. The van der Waals surface area contributed by atoms with Crippen molar-refractivity contribution in [1.29, 1.82) is 0 Å². The Balaban J connectivity index is 2.58. The van der Waals surface area contributed by atoms with Gasteiger partial charge in [0.2, 0.25) is 0 Å². The van der Waals surface area contributed by atoms with Crippen LogP contribution >= 0.6 is 27.3 Å². The molecule has 1 unspecified atom stereocenters. The van der Waals surface area contributed by atoms with Gasteiger partial charge in [0, 0.05) is 21.5 Å². The van der Waals surface area contributed by atoms with Gasteiger partial charge in [-0.2, -0.15) is 11.3 Å². The zero-order chi connectivity index (χ0) is 10.8. The van der Waals surface area contributed by atoms with E-state index >= 15 is 0 Å². The number of hydrogen-bond donors (Lipinski definition) is 1. The summed E-state index contributed by atoms with van der Waals surface area (Å²) in [5.74, 6) is 0. The lowest BCUT2D eigenvalue weighted by Gasteiger charge is -2.11. The van der Waals surface area contributed by atoms with Crippen molar-refractivity contribution in [2.75, 3.05) is 0 Å². The monoisotopic (exact) mass is 281 g/mol. The third-order valence-corrected chi connectivity index (χ3v) is 4.06. The topological polar surface area (TPSA) is 26.0 Å². The zero-order valence-corrected chi connectivity index (χ0v) is 10.8. The van der Waals surface area contributed by atoms with E-state index in [0.29, 0.717) is 0 Å². The van der Waals surface area contributed by atoms with E-state index in [-0.39, 0.29) is 6.04 Å². The molecule has 1 aromatic heterocycles. The van der Waals surface area contributed by atoms with Gasteiger partial charge in [0.25, 0.3) is 0 Å². The summed E-state index contributed by atoms with van der Waals surface area (Å²) < 4.78 is 1.14. The smallest absolute Gasteiger partial charge is 0.0360 e. The molecule has 0 aliphatic heterocycles. The fourth-order valence-electron chi connectivity index (χ4n) is 1.61. The van der Waals surface area contributed by atoms with Gasteiger partial charge in [-0.1, -0.05) is 24.3 Å². The van der Waals surface area contributed by atoms with E-state index < -0.39 is 0 Å². The molecule has 0 bridgehead atoms. The fourth-order valence-corrected chi connectivity index (χ4v) is 3.12. The normalized spacial score (nSPS) is 12.7. The van der Waals surface area contributed by atoms with E-state index in [9.17, 15) is 0 Å². The van der Waals surface area contributed by atoms with Gasteiger partial charge < -0.3 is 5.73 Å². The maximum atomic E-state index is 5.96. The van der Waals surface area contributed by atoms with E-state index in [1.54, 1.807) is 11.3 Å². The Morgan fingerprint density at radius 2 is 1.93 bits per heavy atom. The van der Waals surface area contributed by atoms with Crippen LogP contribution in [-0.4, -0.2) is 0 Å². The molecule has 1 atom stereocenters. The van der Waals surface area contributed by atoms with Gasteiger partial charge in [-0.3, -0.25) is 0 Å². The number of nitrogens with two attached hydrogens (primary N) is 1. The van der Waals surface area contributed by atoms with Crippen LogP contribution in [0.2, 0.25) is 0 Å². The zero-order valence-electron chi connectivity index (χ0n) is 8.41. The highest BCUT2D eigenvalue weighted by molar-refractivity contribution is 9.10. The molecule has 0 radical (unpaired) electrons. The number of thiophene rings is 1. The molecule has 2 aromatic rings. The van der Waals surface area contributed by atoms with E-state index in [1.807, 2.05) is 19.1 Å². The van der Waals surface area contributed by atoms with Gasteiger partial charge in [0.05, 0.1) is 0 Å². The molecule has 0 fully saturated rings. The highest BCUT2D eigenvalue weighted by atomic mass is 79.9. The Kier molecular flexibility index (Phi) is 3.24. The largest absolute Gasteiger partial charge is 0.324 e. The number of benzene rings is 1. The Bertz CT molecular complexity index is 462. The molecule has 1 aromatic carbocycles. The van der Waals surface area contributed by atoms with E-state index in [2.05, 4.69) is 38.8 Å². The quantitative estimate of drug-likeness (QED) is 0.877. The first-order chi connectivity index (χ1) is 7.20. The van der Waals surface area contributed by atoms with Crippen LogP contribution in [0.15, 0.2) is 39.5 Å². The van der Waals surface area contributed by atoms with Crippen molar-refractivity contribution < 1.29 is 0 Å². The first kappa shape index (κ1) is 10.9. The molecule has 0 aliphatic carbocycles. The molecule has 0 saturated heterocycles. The van der Waals surface area contributed by atoms with Crippen LogP contribution in [0.25, 0.3) is 11.1 Å². The average Bonchev–Trinajstić information content (AvgIpc) is 2.64. The number of rotatable bonds is 2. The minimum Gasteiger partial charge on any atom is -0.324 e. The van der Waals surface area contributed by atoms with Gasteiger partial charge in [-0.15, -0.1) is 0 Å². The SMILES string of the molecule is CC(N)c1ccccc1-c1cscc1Br. The summed E-state index contributed by atoms with van der Waals surface area (Å²) in [6, 6.07) is 8.34. The molecule has 0 spiro atoms. The molecular formula is C12H12BrNS. The van der Waals surface area contributed by atoms with Gasteiger partial charge in [0.1, 0.15) is 0 Å². The number of hydrogen-bond acceptors (Lipinski definition) is 2. The van der Waals surface area contributed by atoms with E-state index in [1.165, 1.54) is 16.7 Å². The fraction of sp³-hybridized carbons (Fsp3) is 0.167. The van der Waals surface area contributed by atoms with Gasteiger partial charge in [-0.25, -0.2) is 0 Å². The van der Waals surface area contributed by atoms with Gasteiger partial charge in [0.15, 0.2) is 0 Å². The van der Waals surface area contributed by atoms with Crippen LogP contribution in [0.3, 0.4) is 0 Å². The third kappa shape index (κ3) is 2.14. The second-order valence-electron chi connectivity index (χ2n) is 3.51. The first-order valence-electron chi connectivity index (χ1n) is 4.76. The predicted molar refractivity (Wildman–Crippen MR) is 70.1 cm³/mol. The standard InChI is InChI=1S/C12H12BrNS/c1-8(14)9-4-2-3-5-10(9)11-6-15-7-12(11)13/h2-8H,14H2,1H3. The molecule has 3 heteroatoms. The van der Waals surface area contributed by atoms with Crippen molar-refractivity contribution in [1.82, 2.24) is 0 Å². The van der Waals surface area contributed by atoms with Gasteiger partial charge in [-0.05, 0) is 39.4 Å². The first-order valence-corrected chi connectivity index (χ1v) is 6.50. The van der Waals surface area contributed by atoms with Crippen molar-refractivity contribution in [3.05, 3.63) is 45.1 Å². The summed E-state index contributed by atoms with van der Waals surface area (Å²) in [7, 11) is 0. The summed E-state index contributed by atoms with van der Waals surface area (Å²) >= 11 is 5.25. The second-order valence-corrected chi connectivity index (χ2v) is 5.11. The lowest BCUT2D eigenvalue weighted by Crippen LogP contribution is -2.06. The van der Waals surface area contributed by atoms with Crippen molar-refractivity contribution in [3.8, 4) is 11.1 Å². The summed E-state index contributed by atoms with van der Waals surface area (Å²) in [5.41, 5.74) is 9.60. The maximum Gasteiger partial charge on any atom is 0.0360 e. The molecule has 15 heavy (non-hydrogen) atoms. The second kappa shape index (κ2) is 4.47. The van der Waals surface area contributed by atoms with Crippen LogP contribution in [0.5, 0.6) is 0 Å². The Hall–Kier alpha value is -0.640. The van der Waals surface area contributed by atoms with Crippen molar-refractivity contribution in [3.63, 3.8) is 0 Å². The predicted octanol–water partition coefficient (Wildman–Crippen LogP) is 4.20. The van der Waals surface area contributed by atoms with Crippen molar-refractivity contribution >= 4 is 27.3 Å². The Labute approximate surface area is 102 Å². The van der Waals surface area contributed by atoms with Crippen LogP contribution < -0.4 is 5.73 Å². The molecule has 1 nitrogen and oxygen atoms in total. The minimum atomic E-state index is 0.0630. The van der Waals surface area contributed by atoms with Crippen molar-refractivity contribution in [2.24, 2.45) is 5.73 Å². The highest BCUT2D eigenvalue weighted by Gasteiger charge is 2.10. The van der Waals surface area contributed by atoms with E-state index in [4.69, 9.17) is 5.73 Å². The van der Waals surface area contributed by atoms with Crippen molar-refractivity contribution in [2.45, 2.75) is 13.0 Å². The highest BCUT2D eigenvalue weighted by Crippen LogP contribution is 2.35. The lowest BCUT2D eigenvalue weighted by molar-refractivity contribution is 0.820. The van der Waals surface area contributed by atoms with E-state index in [0.717, 1.165) is 4.47 Å². The Morgan fingerprint density at radius 3 is 2.53 bits per heavy atom. The van der Waals surface area contributed by atoms with Crippen LogP contribution in [0.4, 0.5) is 0 Å². The molecule has 0 amide bonds. The molecular weight excluding hydrogens is 270 g/mol. The molecule has 78 valence electrons. The summed E-state index contributed by atoms with van der Waals surface area (Å²) in [6.07, 6.45) is 0. The molecule has 2 rings (SSSR count). The Morgan fingerprint density at radius 1 is 1.20 bits per heavy atom. The van der Waals surface area contributed by atoms with Crippen LogP contribution in [0.1, 0.15) is 18.5 Å². The lowest BCUT2D eigenvalue weighted by atomic mass is 9.98. The molecule has 0 saturated carbocycles.